The zero-order valence-electron chi connectivity index (χ0n) is 8.96. The maximum atomic E-state index is 5.44. The van der Waals surface area contributed by atoms with Crippen LogP contribution in [0.3, 0.4) is 0 Å². The minimum Gasteiger partial charge on any atom is -0.384 e. The van der Waals surface area contributed by atoms with Crippen molar-refractivity contribution in [2.75, 3.05) is 0 Å². The molecule has 2 N–H and O–H groups in total. The molecule has 0 aliphatic carbocycles. The predicted octanol–water partition coefficient (Wildman–Crippen LogP) is 2.60. The summed E-state index contributed by atoms with van der Waals surface area (Å²) in [5.74, 6) is 1.07. The normalized spacial score (nSPS) is 13.3. The van der Waals surface area contributed by atoms with Crippen LogP contribution in [0.15, 0.2) is 17.6 Å². The maximum Gasteiger partial charge on any atom is 0.117 e. The predicted molar refractivity (Wildman–Crippen MR) is 57.5 cm³/mol. The minimum absolute atomic E-state index is 0.290. The summed E-state index contributed by atoms with van der Waals surface area (Å²) in [6.07, 6.45) is 1.57. The summed E-state index contributed by atoms with van der Waals surface area (Å²) in [6.45, 7) is 13.8. The SMILES string of the molecule is C=CC(N)=NC(C)C(C)C.CC. The Morgan fingerprint density at radius 1 is 1.33 bits per heavy atom. The van der Waals surface area contributed by atoms with Gasteiger partial charge in [0.05, 0.1) is 6.04 Å². The third-order valence-electron chi connectivity index (χ3n) is 1.53. The van der Waals surface area contributed by atoms with E-state index in [0.717, 1.165) is 0 Å². The van der Waals surface area contributed by atoms with E-state index in [1.54, 1.807) is 6.08 Å². The molecule has 1 unspecified atom stereocenters. The third-order valence-corrected chi connectivity index (χ3v) is 1.53. The average Bonchev–Trinajstić information content (AvgIpc) is 2.07. The van der Waals surface area contributed by atoms with E-state index >= 15 is 0 Å². The van der Waals surface area contributed by atoms with E-state index < -0.39 is 0 Å². The van der Waals surface area contributed by atoms with Crippen LogP contribution in [-0.2, 0) is 0 Å². The maximum absolute atomic E-state index is 5.44. The molecule has 0 spiro atoms. The number of hydrogen-bond donors (Lipinski definition) is 1. The second-order valence-corrected chi connectivity index (χ2v) is 2.74. The molecule has 2 heteroatoms. The number of amidine groups is 1. The Morgan fingerprint density at radius 3 is 2.00 bits per heavy atom. The lowest BCUT2D eigenvalue weighted by molar-refractivity contribution is 0.531. The lowest BCUT2D eigenvalue weighted by Gasteiger charge is -2.09. The highest BCUT2D eigenvalue weighted by molar-refractivity contribution is 5.90. The molecule has 0 aromatic carbocycles. The first-order valence-electron chi connectivity index (χ1n) is 4.53. The van der Waals surface area contributed by atoms with Gasteiger partial charge >= 0.3 is 0 Å². The molecule has 0 bridgehead atoms. The smallest absolute Gasteiger partial charge is 0.117 e. The van der Waals surface area contributed by atoms with Gasteiger partial charge in [-0.25, -0.2) is 0 Å². The molecule has 72 valence electrons. The molecule has 0 aromatic heterocycles. The number of rotatable bonds is 3. The monoisotopic (exact) mass is 170 g/mol. The molecular weight excluding hydrogens is 148 g/mol. The fraction of sp³-hybridized carbons (Fsp3) is 0.700. The van der Waals surface area contributed by atoms with Gasteiger partial charge in [-0.3, -0.25) is 4.99 Å². The number of nitrogens with zero attached hydrogens (tertiary/aromatic N) is 1. The lowest BCUT2D eigenvalue weighted by atomic mass is 10.1. The van der Waals surface area contributed by atoms with Crippen molar-refractivity contribution in [3.05, 3.63) is 12.7 Å². The second-order valence-electron chi connectivity index (χ2n) is 2.74. The fourth-order valence-electron chi connectivity index (χ4n) is 0.437. The summed E-state index contributed by atoms with van der Waals surface area (Å²) < 4.78 is 0. The lowest BCUT2D eigenvalue weighted by Crippen LogP contribution is -2.15. The van der Waals surface area contributed by atoms with Crippen LogP contribution in [0.4, 0.5) is 0 Å². The zero-order valence-corrected chi connectivity index (χ0v) is 8.96. The van der Waals surface area contributed by atoms with Crippen LogP contribution in [-0.4, -0.2) is 11.9 Å². The number of nitrogens with two attached hydrogens (primary N) is 1. The van der Waals surface area contributed by atoms with Crippen LogP contribution >= 0.6 is 0 Å². The van der Waals surface area contributed by atoms with Gasteiger partial charge < -0.3 is 5.73 Å². The average molecular weight is 170 g/mol. The number of hydrogen-bond acceptors (Lipinski definition) is 1. The molecule has 2 nitrogen and oxygen atoms in total. The van der Waals surface area contributed by atoms with Gasteiger partial charge in [0.15, 0.2) is 0 Å². The molecule has 1 atom stereocenters. The van der Waals surface area contributed by atoms with Gasteiger partial charge in [0.2, 0.25) is 0 Å². The summed E-state index contributed by atoms with van der Waals surface area (Å²) in [4.78, 5) is 4.17. The van der Waals surface area contributed by atoms with Gasteiger partial charge in [-0.05, 0) is 18.9 Å². The van der Waals surface area contributed by atoms with Crippen LogP contribution in [0, 0.1) is 5.92 Å². The van der Waals surface area contributed by atoms with Crippen molar-refractivity contribution >= 4 is 5.84 Å². The van der Waals surface area contributed by atoms with Crippen LogP contribution < -0.4 is 5.73 Å². The van der Waals surface area contributed by atoms with Crippen molar-refractivity contribution in [3.8, 4) is 0 Å². The van der Waals surface area contributed by atoms with Crippen LogP contribution in [0.25, 0.3) is 0 Å². The van der Waals surface area contributed by atoms with E-state index in [9.17, 15) is 0 Å². The van der Waals surface area contributed by atoms with E-state index in [4.69, 9.17) is 5.73 Å². The van der Waals surface area contributed by atoms with E-state index in [0.29, 0.717) is 11.8 Å². The van der Waals surface area contributed by atoms with Crippen molar-refractivity contribution in [1.82, 2.24) is 0 Å². The molecule has 0 saturated heterocycles. The Hall–Kier alpha value is -0.790. The Bertz CT molecular complexity index is 137. The summed E-state index contributed by atoms with van der Waals surface area (Å²) in [6, 6.07) is 0.290. The van der Waals surface area contributed by atoms with Crippen molar-refractivity contribution in [1.29, 1.82) is 0 Å². The molecule has 0 rings (SSSR count). The summed E-state index contributed by atoms with van der Waals surface area (Å²) in [5, 5.41) is 0. The molecule has 0 heterocycles. The third kappa shape index (κ3) is 7.32. The Kier molecular flexibility index (Phi) is 9.54. The molecular formula is C10H22N2. The van der Waals surface area contributed by atoms with Crippen molar-refractivity contribution in [2.45, 2.75) is 40.7 Å². The molecule has 0 aliphatic heterocycles. The molecule has 0 saturated carbocycles. The van der Waals surface area contributed by atoms with Crippen molar-refractivity contribution < 1.29 is 0 Å². The molecule has 0 radical (unpaired) electrons. The summed E-state index contributed by atoms with van der Waals surface area (Å²) >= 11 is 0. The molecule has 0 fully saturated rings. The van der Waals surface area contributed by atoms with Gasteiger partial charge in [-0.1, -0.05) is 34.3 Å². The first kappa shape index (κ1) is 13.8. The van der Waals surface area contributed by atoms with E-state index in [1.165, 1.54) is 0 Å². The highest BCUT2D eigenvalue weighted by atomic mass is 14.9. The van der Waals surface area contributed by atoms with Gasteiger partial charge in [0.1, 0.15) is 5.84 Å². The summed E-state index contributed by atoms with van der Waals surface area (Å²) in [5.41, 5.74) is 5.44. The largest absolute Gasteiger partial charge is 0.384 e. The zero-order chi connectivity index (χ0) is 10.1. The van der Waals surface area contributed by atoms with Crippen molar-refractivity contribution in [2.24, 2.45) is 16.6 Å². The van der Waals surface area contributed by atoms with Gasteiger partial charge in [0.25, 0.3) is 0 Å². The van der Waals surface area contributed by atoms with E-state index in [2.05, 4.69) is 25.4 Å². The number of aliphatic imine (C=N–C) groups is 1. The highest BCUT2D eigenvalue weighted by Gasteiger charge is 2.03. The molecule has 12 heavy (non-hydrogen) atoms. The Labute approximate surface area is 76.6 Å². The molecule has 0 aliphatic rings. The van der Waals surface area contributed by atoms with Crippen LogP contribution in [0.5, 0.6) is 0 Å². The first-order chi connectivity index (χ1) is 5.57. The van der Waals surface area contributed by atoms with Crippen LogP contribution in [0.1, 0.15) is 34.6 Å². The molecule has 0 amide bonds. The highest BCUT2D eigenvalue weighted by Crippen LogP contribution is 2.04. The van der Waals surface area contributed by atoms with Gasteiger partial charge in [-0.15, -0.1) is 0 Å². The topological polar surface area (TPSA) is 38.4 Å². The van der Waals surface area contributed by atoms with E-state index in [1.807, 2.05) is 20.8 Å². The quantitative estimate of drug-likeness (QED) is 0.513. The van der Waals surface area contributed by atoms with E-state index in [-0.39, 0.29) is 6.04 Å². The Balaban J connectivity index is 0. The standard InChI is InChI=1S/C8H16N2.C2H6/c1-5-8(9)10-7(4)6(2)3;1-2/h5-7H,1H2,2-4H3,(H2,9,10);1-2H3. The van der Waals surface area contributed by atoms with Gasteiger partial charge in [0, 0.05) is 0 Å². The summed E-state index contributed by atoms with van der Waals surface area (Å²) in [7, 11) is 0. The Morgan fingerprint density at radius 2 is 1.75 bits per heavy atom. The van der Waals surface area contributed by atoms with Gasteiger partial charge in [-0.2, -0.15) is 0 Å². The van der Waals surface area contributed by atoms with Crippen LogP contribution in [0.2, 0.25) is 0 Å². The first-order valence-corrected chi connectivity index (χ1v) is 4.53. The fourth-order valence-corrected chi connectivity index (χ4v) is 0.437. The minimum atomic E-state index is 0.290. The van der Waals surface area contributed by atoms with Crippen molar-refractivity contribution in [3.63, 3.8) is 0 Å². The second kappa shape index (κ2) is 8.31. The molecule has 0 aromatic rings.